The van der Waals surface area contributed by atoms with Gasteiger partial charge in [-0.3, -0.25) is 14.9 Å². The Hall–Kier alpha value is -4.84. The van der Waals surface area contributed by atoms with Crippen molar-refractivity contribution in [2.24, 2.45) is 5.10 Å². The van der Waals surface area contributed by atoms with Crippen LogP contribution in [0.15, 0.2) is 90.0 Å². The molecule has 1 saturated heterocycles. The van der Waals surface area contributed by atoms with Gasteiger partial charge < -0.3 is 15.3 Å². The fraction of sp³-hybridized carbons (Fsp3) is 0.212. The van der Waals surface area contributed by atoms with Crippen molar-refractivity contribution in [2.45, 2.75) is 38.4 Å². The molecule has 5 amide bonds. The molecular weight excluding hydrogens is 631 g/mol. The summed E-state index contributed by atoms with van der Waals surface area (Å²) in [5.74, 6) is -0.358. The number of carbonyl (C=O) groups is 3. The molecule has 1 unspecified atom stereocenters. The number of benzene rings is 4. The van der Waals surface area contributed by atoms with E-state index >= 15 is 0 Å². The number of nitrogens with zero attached hydrogens (tertiary/aromatic N) is 4. The minimum atomic E-state index is -1.15. The van der Waals surface area contributed by atoms with E-state index in [2.05, 4.69) is 15.8 Å². The van der Waals surface area contributed by atoms with E-state index in [1.807, 2.05) is 24.3 Å². The lowest BCUT2D eigenvalue weighted by Gasteiger charge is -2.38. The summed E-state index contributed by atoms with van der Waals surface area (Å²) >= 11 is 12.0. The van der Waals surface area contributed by atoms with E-state index in [-0.39, 0.29) is 25.1 Å². The molecule has 1 aliphatic heterocycles. The maximum atomic E-state index is 13.9. The summed E-state index contributed by atoms with van der Waals surface area (Å²) in [7, 11) is 0. The van der Waals surface area contributed by atoms with Crippen molar-refractivity contribution in [3.05, 3.63) is 101 Å². The molecule has 11 nitrogen and oxygen atoms in total. The van der Waals surface area contributed by atoms with Gasteiger partial charge in [0.05, 0.1) is 11.8 Å². The zero-order valence-corrected chi connectivity index (χ0v) is 26.5. The van der Waals surface area contributed by atoms with E-state index in [1.165, 1.54) is 16.0 Å². The summed E-state index contributed by atoms with van der Waals surface area (Å²) in [5, 5.41) is 31.3. The van der Waals surface area contributed by atoms with Crippen LogP contribution in [0, 0.1) is 0 Å². The van der Waals surface area contributed by atoms with Crippen molar-refractivity contribution in [2.75, 3.05) is 16.8 Å². The first-order valence-electron chi connectivity index (χ1n) is 14.4. The molecule has 0 spiro atoms. The first-order chi connectivity index (χ1) is 22.0. The lowest BCUT2D eigenvalue weighted by atomic mass is 9.99. The van der Waals surface area contributed by atoms with Crippen LogP contribution in [0.3, 0.4) is 0 Å². The van der Waals surface area contributed by atoms with Crippen LogP contribution in [0.4, 0.5) is 21.0 Å². The van der Waals surface area contributed by atoms with Gasteiger partial charge in [0, 0.05) is 39.9 Å². The fourth-order valence-corrected chi connectivity index (χ4v) is 5.70. The number of anilines is 2. The summed E-state index contributed by atoms with van der Waals surface area (Å²) in [4.78, 5) is 42.5. The first kappa shape index (κ1) is 32.6. The second kappa shape index (κ2) is 13.7. The second-order valence-corrected chi connectivity index (χ2v) is 12.1. The standard InChI is InChI=1S/C33H32Cl2N6O5/c1-33(2)30(41(46)31(44)37-24-14-10-22(34)11-15-24)40(25-16-12-23(35)13-17-25)32(45)39(33)19-5-8-29(43)38-36-20-27-26-7-4-3-6-21(26)9-18-28(27)42/h3-4,6-7,9-18,20,30,42,46H,5,8,19H2,1-2H3,(H,37,44)(H,38,43). The minimum Gasteiger partial charge on any atom is -0.507 e. The largest absolute Gasteiger partial charge is 0.507 e. The monoisotopic (exact) mass is 662 g/mol. The van der Waals surface area contributed by atoms with Crippen molar-refractivity contribution in [1.82, 2.24) is 15.4 Å². The highest BCUT2D eigenvalue weighted by molar-refractivity contribution is 6.31. The fourth-order valence-electron chi connectivity index (χ4n) is 5.45. The Kier molecular flexibility index (Phi) is 9.66. The highest BCUT2D eigenvalue weighted by Crippen LogP contribution is 2.38. The molecule has 4 N–H and O–H groups in total. The highest BCUT2D eigenvalue weighted by atomic mass is 35.5. The van der Waals surface area contributed by atoms with Gasteiger partial charge in [0.25, 0.3) is 0 Å². The molecule has 0 radical (unpaired) electrons. The number of carbonyl (C=O) groups excluding carboxylic acids is 3. The number of halogens is 2. The van der Waals surface area contributed by atoms with Gasteiger partial charge in [-0.1, -0.05) is 53.5 Å². The molecule has 46 heavy (non-hydrogen) atoms. The van der Waals surface area contributed by atoms with Crippen LogP contribution < -0.4 is 15.6 Å². The number of rotatable bonds is 9. The number of phenols is 1. The number of hydrogen-bond acceptors (Lipinski definition) is 6. The predicted octanol–water partition coefficient (Wildman–Crippen LogP) is 7.05. The normalized spacial score (nSPS) is 15.8. The number of fused-ring (bicyclic) bond motifs is 1. The molecule has 1 atom stereocenters. The van der Waals surface area contributed by atoms with E-state index in [4.69, 9.17) is 23.2 Å². The minimum absolute atomic E-state index is 0.0320. The van der Waals surface area contributed by atoms with E-state index in [0.29, 0.717) is 32.0 Å². The van der Waals surface area contributed by atoms with E-state index in [9.17, 15) is 24.7 Å². The summed E-state index contributed by atoms with van der Waals surface area (Å²) in [6.07, 6.45) is 0.534. The van der Waals surface area contributed by atoms with Gasteiger partial charge in [-0.25, -0.2) is 15.0 Å². The Morgan fingerprint density at radius 2 is 1.63 bits per heavy atom. The van der Waals surface area contributed by atoms with Crippen LogP contribution in [0.25, 0.3) is 10.8 Å². The molecule has 1 aliphatic rings. The van der Waals surface area contributed by atoms with Crippen molar-refractivity contribution in [3.63, 3.8) is 0 Å². The molecule has 0 aromatic heterocycles. The predicted molar refractivity (Wildman–Crippen MR) is 179 cm³/mol. The smallest absolute Gasteiger partial charge is 0.347 e. The van der Waals surface area contributed by atoms with E-state index < -0.39 is 29.7 Å². The molecule has 238 valence electrons. The van der Waals surface area contributed by atoms with Gasteiger partial charge in [-0.2, -0.15) is 10.2 Å². The Bertz CT molecular complexity index is 1780. The molecule has 1 fully saturated rings. The zero-order chi connectivity index (χ0) is 33.0. The lowest BCUT2D eigenvalue weighted by molar-refractivity contribution is -0.121. The zero-order valence-electron chi connectivity index (χ0n) is 25.0. The van der Waals surface area contributed by atoms with Crippen LogP contribution in [0.2, 0.25) is 10.0 Å². The SMILES string of the molecule is CC1(C)C(N(O)C(=O)Nc2ccc(Cl)cc2)N(c2ccc(Cl)cc2)C(=O)N1CCCC(=O)NN=Cc1c(O)ccc2ccccc12. The molecule has 0 saturated carbocycles. The third kappa shape index (κ3) is 6.86. The summed E-state index contributed by atoms with van der Waals surface area (Å²) in [6, 6.07) is 22.3. The molecular formula is C33H32Cl2N6O5. The van der Waals surface area contributed by atoms with Gasteiger partial charge in [-0.05, 0) is 85.6 Å². The average Bonchev–Trinajstić information content (AvgIpc) is 3.23. The van der Waals surface area contributed by atoms with Crippen molar-refractivity contribution < 1.29 is 24.7 Å². The average molecular weight is 664 g/mol. The molecule has 0 aliphatic carbocycles. The van der Waals surface area contributed by atoms with E-state index in [1.54, 1.807) is 74.5 Å². The van der Waals surface area contributed by atoms with Gasteiger partial charge in [-0.15, -0.1) is 0 Å². The van der Waals surface area contributed by atoms with Gasteiger partial charge in [0.1, 0.15) is 5.75 Å². The van der Waals surface area contributed by atoms with E-state index in [0.717, 1.165) is 10.8 Å². The summed E-state index contributed by atoms with van der Waals surface area (Å²) in [5.41, 5.74) is 2.65. The number of amides is 5. The molecule has 4 aromatic carbocycles. The van der Waals surface area contributed by atoms with Crippen molar-refractivity contribution in [3.8, 4) is 5.75 Å². The number of hydrogen-bond donors (Lipinski definition) is 4. The second-order valence-electron chi connectivity index (χ2n) is 11.2. The maximum Gasteiger partial charge on any atom is 0.347 e. The van der Waals surface area contributed by atoms with Gasteiger partial charge in [0.15, 0.2) is 6.17 Å². The molecule has 5 rings (SSSR count). The molecule has 1 heterocycles. The number of phenolic OH excluding ortho intramolecular Hbond substituents is 1. The van der Waals surface area contributed by atoms with Crippen LogP contribution in [-0.2, 0) is 4.79 Å². The highest BCUT2D eigenvalue weighted by Gasteiger charge is 2.55. The summed E-state index contributed by atoms with van der Waals surface area (Å²) in [6.45, 7) is 3.59. The number of hydrazone groups is 1. The topological polar surface area (TPSA) is 138 Å². The molecule has 0 bridgehead atoms. The Morgan fingerprint density at radius 1 is 0.978 bits per heavy atom. The van der Waals surface area contributed by atoms with Crippen LogP contribution in [0.5, 0.6) is 5.75 Å². The van der Waals surface area contributed by atoms with Crippen LogP contribution in [-0.4, -0.2) is 62.7 Å². The van der Waals surface area contributed by atoms with Gasteiger partial charge in [0.2, 0.25) is 5.91 Å². The number of urea groups is 2. The summed E-state index contributed by atoms with van der Waals surface area (Å²) < 4.78 is 0. The third-order valence-electron chi connectivity index (χ3n) is 7.77. The molecule has 13 heteroatoms. The van der Waals surface area contributed by atoms with Crippen molar-refractivity contribution in [1.29, 1.82) is 0 Å². The maximum absolute atomic E-state index is 13.9. The first-order valence-corrected chi connectivity index (χ1v) is 15.2. The van der Waals surface area contributed by atoms with Gasteiger partial charge >= 0.3 is 12.1 Å². The van der Waals surface area contributed by atoms with Crippen molar-refractivity contribution >= 4 is 69.5 Å². The molecule has 4 aromatic rings. The Balaban J connectivity index is 1.28. The number of aromatic hydroxyl groups is 1. The lowest BCUT2D eigenvalue weighted by Crippen LogP contribution is -2.58. The quantitative estimate of drug-likeness (QED) is 0.0864. The van der Waals surface area contributed by atoms with Crippen LogP contribution >= 0.6 is 23.2 Å². The Labute approximate surface area is 275 Å². The Morgan fingerprint density at radius 3 is 2.33 bits per heavy atom. The number of hydroxylamine groups is 2. The van der Waals surface area contributed by atoms with Crippen LogP contribution in [0.1, 0.15) is 32.3 Å². The number of nitrogens with one attached hydrogen (secondary N) is 2. The third-order valence-corrected chi connectivity index (χ3v) is 8.27.